The van der Waals surface area contributed by atoms with Crippen LogP contribution < -0.4 is 16.0 Å². The number of alkyl halides is 2. The molecule has 1 aromatic heterocycles. The van der Waals surface area contributed by atoms with E-state index in [-0.39, 0.29) is 24.9 Å². The molecule has 2 rings (SSSR count). The molecule has 14 heteroatoms. The molecule has 12 nitrogen and oxygen atoms in total. The summed E-state index contributed by atoms with van der Waals surface area (Å²) in [7, 11) is 0. The molecule has 0 bridgehead atoms. The number of nitrogens with one attached hydrogen (secondary N) is 4. The van der Waals surface area contributed by atoms with E-state index >= 15 is 0 Å². The monoisotopic (exact) mass is 551 g/mol. The normalized spacial score (nSPS) is 14.3. The molecule has 2 aromatic rings. The number of aromatic amines is 1. The Morgan fingerprint density at radius 2 is 1.62 bits per heavy atom. The number of halogens is 2. The lowest BCUT2D eigenvalue weighted by atomic mass is 9.96. The molecule has 0 spiro atoms. The maximum absolute atomic E-state index is 13.3. The quantitative estimate of drug-likeness (QED) is 0.245. The van der Waals surface area contributed by atoms with Gasteiger partial charge >= 0.3 is 6.09 Å². The zero-order valence-electron chi connectivity index (χ0n) is 22.3. The number of carbonyl (C=O) groups excluding carboxylic acids is 4. The van der Waals surface area contributed by atoms with E-state index < -0.39 is 60.5 Å². The van der Waals surface area contributed by atoms with Gasteiger partial charge in [-0.3, -0.25) is 14.4 Å². The van der Waals surface area contributed by atoms with E-state index in [4.69, 9.17) is 4.74 Å². The van der Waals surface area contributed by atoms with Crippen molar-refractivity contribution in [1.29, 1.82) is 0 Å². The number of alkyl carbamates (subject to hydrolysis) is 1. The van der Waals surface area contributed by atoms with Crippen molar-refractivity contribution in [1.82, 2.24) is 36.6 Å². The number of rotatable bonds is 15. The fourth-order valence-electron chi connectivity index (χ4n) is 3.66. The molecule has 0 aliphatic heterocycles. The molecule has 1 unspecified atom stereocenters. The first-order valence-electron chi connectivity index (χ1n) is 12.7. The number of ketones is 1. The van der Waals surface area contributed by atoms with Gasteiger partial charge in [0.1, 0.15) is 24.7 Å². The van der Waals surface area contributed by atoms with Crippen LogP contribution >= 0.6 is 0 Å². The summed E-state index contributed by atoms with van der Waals surface area (Å²) in [6.45, 7) is 7.19. The summed E-state index contributed by atoms with van der Waals surface area (Å²) >= 11 is 0. The summed E-state index contributed by atoms with van der Waals surface area (Å²) in [5, 5.41) is 19.7. The average molecular weight is 552 g/mol. The largest absolute Gasteiger partial charge is 0.445 e. The van der Waals surface area contributed by atoms with Gasteiger partial charge in [-0.2, -0.15) is 5.21 Å². The fourth-order valence-corrected chi connectivity index (χ4v) is 3.66. The molecule has 0 aliphatic carbocycles. The van der Waals surface area contributed by atoms with Gasteiger partial charge in [0.05, 0.1) is 0 Å². The lowest BCUT2D eigenvalue weighted by Crippen LogP contribution is -2.57. The highest BCUT2D eigenvalue weighted by molar-refractivity contribution is 6.00. The van der Waals surface area contributed by atoms with Gasteiger partial charge in [0.15, 0.2) is 0 Å². The Balaban J connectivity index is 2.13. The summed E-state index contributed by atoms with van der Waals surface area (Å²) in [6, 6.07) is 5.13. The molecule has 0 saturated carbocycles. The standard InChI is InChI=1S/C25H35F2N7O5/c1-5-15(4)20(30-25(38)39-13-16-9-7-6-8-10-16)24(37)29-18(11-14(2)3)23(36)28-17(12-19(26)27)21(35)22-31-33-34-32-22/h6-10,14-15,17-20H,5,11-13H2,1-4H3,(H,28,36)(H,29,37)(H,30,38)(H,31,32,33,34)/t15?,17-,18-,20-/m0/s1. The Morgan fingerprint density at radius 1 is 0.949 bits per heavy atom. The summed E-state index contributed by atoms with van der Waals surface area (Å²) in [4.78, 5) is 51.4. The minimum Gasteiger partial charge on any atom is -0.445 e. The van der Waals surface area contributed by atoms with Crippen molar-refractivity contribution in [3.05, 3.63) is 41.7 Å². The molecule has 0 radical (unpaired) electrons. The minimum atomic E-state index is -2.91. The van der Waals surface area contributed by atoms with Gasteiger partial charge in [-0.05, 0) is 29.0 Å². The van der Waals surface area contributed by atoms with Gasteiger partial charge in [-0.25, -0.2) is 13.6 Å². The predicted molar refractivity (Wildman–Crippen MR) is 135 cm³/mol. The van der Waals surface area contributed by atoms with E-state index in [2.05, 4.69) is 36.6 Å². The van der Waals surface area contributed by atoms with E-state index in [1.807, 2.05) is 13.0 Å². The van der Waals surface area contributed by atoms with Gasteiger partial charge in [-0.1, -0.05) is 64.4 Å². The van der Waals surface area contributed by atoms with E-state index in [9.17, 15) is 28.0 Å². The van der Waals surface area contributed by atoms with Gasteiger partial charge in [-0.15, -0.1) is 10.2 Å². The van der Waals surface area contributed by atoms with Crippen molar-refractivity contribution in [3.8, 4) is 0 Å². The van der Waals surface area contributed by atoms with Crippen LogP contribution in [-0.2, 0) is 20.9 Å². The van der Waals surface area contributed by atoms with Crippen LogP contribution in [0.4, 0.5) is 13.6 Å². The van der Waals surface area contributed by atoms with Crippen LogP contribution in [0.25, 0.3) is 0 Å². The number of aromatic nitrogens is 4. The molecule has 0 saturated heterocycles. The summed E-state index contributed by atoms with van der Waals surface area (Å²) < 4.78 is 31.6. The first kappa shape index (κ1) is 31.2. The second-order valence-corrected chi connectivity index (χ2v) is 9.55. The highest BCUT2D eigenvalue weighted by atomic mass is 19.3. The highest BCUT2D eigenvalue weighted by Gasteiger charge is 2.34. The Morgan fingerprint density at radius 3 is 2.18 bits per heavy atom. The summed E-state index contributed by atoms with van der Waals surface area (Å²) in [5.74, 6) is -3.32. The van der Waals surface area contributed by atoms with Crippen LogP contribution in [0.1, 0.15) is 63.1 Å². The van der Waals surface area contributed by atoms with Gasteiger partial charge in [0, 0.05) is 6.42 Å². The Bertz CT molecular complexity index is 1070. The molecule has 4 N–H and O–H groups in total. The van der Waals surface area contributed by atoms with E-state index in [1.165, 1.54) is 0 Å². The highest BCUT2D eigenvalue weighted by Crippen LogP contribution is 2.13. The first-order chi connectivity index (χ1) is 18.5. The third kappa shape index (κ3) is 10.4. The van der Waals surface area contributed by atoms with Crippen LogP contribution in [0.5, 0.6) is 0 Å². The minimum absolute atomic E-state index is 0.000169. The smallest absolute Gasteiger partial charge is 0.408 e. The number of H-pyrrole nitrogens is 1. The maximum atomic E-state index is 13.3. The third-order valence-corrected chi connectivity index (χ3v) is 5.93. The predicted octanol–water partition coefficient (Wildman–Crippen LogP) is 2.39. The number of benzene rings is 1. The molecular weight excluding hydrogens is 516 g/mol. The van der Waals surface area contributed by atoms with Gasteiger partial charge in [0.25, 0.3) is 0 Å². The van der Waals surface area contributed by atoms with Crippen molar-refractivity contribution >= 4 is 23.7 Å². The zero-order valence-corrected chi connectivity index (χ0v) is 22.3. The zero-order chi connectivity index (χ0) is 28.9. The number of ether oxygens (including phenoxy) is 1. The fraction of sp³-hybridized carbons (Fsp3) is 0.560. The lowest BCUT2D eigenvalue weighted by molar-refractivity contribution is -0.131. The lowest BCUT2D eigenvalue weighted by Gasteiger charge is -2.27. The Hall–Kier alpha value is -3.97. The molecule has 1 heterocycles. The second-order valence-electron chi connectivity index (χ2n) is 9.55. The molecule has 0 aliphatic rings. The Labute approximate surface area is 225 Å². The van der Waals surface area contributed by atoms with E-state index in [0.29, 0.717) is 6.42 Å². The molecule has 214 valence electrons. The van der Waals surface area contributed by atoms with Crippen LogP contribution in [-0.4, -0.2) is 68.9 Å². The van der Waals surface area contributed by atoms with Crippen molar-refractivity contribution in [3.63, 3.8) is 0 Å². The average Bonchev–Trinajstić information content (AvgIpc) is 3.44. The van der Waals surface area contributed by atoms with Gasteiger partial charge in [0.2, 0.25) is 29.8 Å². The molecule has 39 heavy (non-hydrogen) atoms. The number of tetrazole rings is 1. The second kappa shape index (κ2) is 15.4. The number of Topliss-reactive ketones (excluding diaryl/α,β-unsaturated/α-hetero) is 1. The molecule has 4 atom stereocenters. The van der Waals surface area contributed by atoms with E-state index in [0.717, 1.165) is 5.56 Å². The SMILES string of the molecule is CCC(C)[C@H](NC(=O)OCc1ccccc1)C(=O)N[C@@H](CC(C)C)C(=O)N[C@@H](CC(F)F)C(=O)c1nn[nH]n1. The number of carbonyl (C=O) groups is 4. The van der Waals surface area contributed by atoms with E-state index in [1.54, 1.807) is 45.0 Å². The summed E-state index contributed by atoms with van der Waals surface area (Å²) in [6.07, 6.45) is -4.04. The maximum Gasteiger partial charge on any atom is 0.408 e. The van der Waals surface area contributed by atoms with Crippen LogP contribution in [0.2, 0.25) is 0 Å². The summed E-state index contributed by atoms with van der Waals surface area (Å²) in [5.41, 5.74) is 0.763. The van der Waals surface area contributed by atoms with Crippen molar-refractivity contribution in [2.45, 2.75) is 78.1 Å². The van der Waals surface area contributed by atoms with Crippen molar-refractivity contribution in [2.75, 3.05) is 0 Å². The first-order valence-corrected chi connectivity index (χ1v) is 12.7. The molecular formula is C25H35F2N7O5. The number of hydrogen-bond acceptors (Lipinski definition) is 8. The molecule has 1 aromatic carbocycles. The van der Waals surface area contributed by atoms with Crippen LogP contribution in [0.3, 0.4) is 0 Å². The molecule has 0 fully saturated rings. The van der Waals surface area contributed by atoms with Crippen LogP contribution in [0, 0.1) is 11.8 Å². The number of hydrogen-bond donors (Lipinski definition) is 4. The van der Waals surface area contributed by atoms with Crippen molar-refractivity contribution in [2.24, 2.45) is 11.8 Å². The molecule has 3 amide bonds. The number of amides is 3. The van der Waals surface area contributed by atoms with Gasteiger partial charge < -0.3 is 20.7 Å². The van der Waals surface area contributed by atoms with Crippen molar-refractivity contribution < 1.29 is 32.7 Å². The Kier molecular flexibility index (Phi) is 12.4. The van der Waals surface area contributed by atoms with Crippen LogP contribution in [0.15, 0.2) is 30.3 Å². The third-order valence-electron chi connectivity index (χ3n) is 5.93. The number of nitrogens with zero attached hydrogens (tertiary/aromatic N) is 3. The topological polar surface area (TPSA) is 168 Å².